The molecule has 1 aliphatic heterocycles. The number of aliphatic hydroxyl groups excluding tert-OH is 1. The number of nitrogens with zero attached hydrogens (tertiary/aromatic N) is 1. The van der Waals surface area contributed by atoms with Crippen molar-refractivity contribution in [2.45, 2.75) is 39.2 Å². The van der Waals surface area contributed by atoms with E-state index in [-0.39, 0.29) is 30.2 Å². The Labute approximate surface area is 115 Å². The first kappa shape index (κ1) is 16.4. The Balaban J connectivity index is 2.48. The highest BCUT2D eigenvalue weighted by atomic mass is 32.2. The topological polar surface area (TPSA) is 86.7 Å². The summed E-state index contributed by atoms with van der Waals surface area (Å²) in [6, 6.07) is -0.204. The predicted molar refractivity (Wildman–Crippen MR) is 73.1 cm³/mol. The minimum Gasteiger partial charge on any atom is -0.394 e. The lowest BCUT2D eigenvalue weighted by Crippen LogP contribution is -2.46. The number of sulfonamides is 1. The average molecular weight is 292 g/mol. The molecule has 0 aromatic rings. The van der Waals surface area contributed by atoms with E-state index in [0.29, 0.717) is 32.4 Å². The van der Waals surface area contributed by atoms with E-state index in [2.05, 4.69) is 5.32 Å². The van der Waals surface area contributed by atoms with Crippen molar-refractivity contribution in [2.24, 2.45) is 5.92 Å². The van der Waals surface area contributed by atoms with Gasteiger partial charge in [-0.3, -0.25) is 4.79 Å². The van der Waals surface area contributed by atoms with Crippen molar-refractivity contribution in [2.75, 3.05) is 25.4 Å². The molecule has 0 aliphatic carbocycles. The molecule has 19 heavy (non-hydrogen) atoms. The number of nitrogens with one attached hydrogen (secondary N) is 1. The number of carbonyl (C=O) groups excluding carboxylic acids is 1. The van der Waals surface area contributed by atoms with Crippen LogP contribution in [0.3, 0.4) is 0 Å². The van der Waals surface area contributed by atoms with Gasteiger partial charge >= 0.3 is 0 Å². The van der Waals surface area contributed by atoms with E-state index < -0.39 is 10.0 Å². The summed E-state index contributed by atoms with van der Waals surface area (Å²) >= 11 is 0. The van der Waals surface area contributed by atoms with Gasteiger partial charge in [0.15, 0.2) is 0 Å². The van der Waals surface area contributed by atoms with Crippen molar-refractivity contribution in [1.82, 2.24) is 9.62 Å². The smallest absolute Gasteiger partial charge is 0.223 e. The Morgan fingerprint density at radius 3 is 2.37 bits per heavy atom. The molecule has 0 bridgehead atoms. The average Bonchev–Trinajstić information content (AvgIpc) is 2.44. The molecule has 1 atom stereocenters. The lowest BCUT2D eigenvalue weighted by Gasteiger charge is -2.31. The van der Waals surface area contributed by atoms with E-state index in [1.807, 2.05) is 6.92 Å². The molecule has 0 spiro atoms. The molecule has 1 amide bonds. The van der Waals surface area contributed by atoms with Gasteiger partial charge in [0.05, 0.1) is 18.4 Å². The molecule has 0 unspecified atom stereocenters. The number of aliphatic hydroxyl groups is 1. The molecule has 0 saturated carbocycles. The van der Waals surface area contributed by atoms with Crippen molar-refractivity contribution in [1.29, 1.82) is 0 Å². The standard InChI is InChI=1S/C12H24N2O4S/c1-3-11(9-15)13-12(16)10-5-7-14(8-6-10)19(17,18)4-2/h10-11,15H,3-9H2,1-2H3,(H,13,16)/t11-/m0/s1. The van der Waals surface area contributed by atoms with Crippen LogP contribution < -0.4 is 5.32 Å². The molecular formula is C12H24N2O4S. The summed E-state index contributed by atoms with van der Waals surface area (Å²) in [7, 11) is -3.14. The van der Waals surface area contributed by atoms with Crippen LogP contribution in [0, 0.1) is 5.92 Å². The maximum Gasteiger partial charge on any atom is 0.223 e. The van der Waals surface area contributed by atoms with Gasteiger partial charge in [-0.2, -0.15) is 0 Å². The third-order valence-corrected chi connectivity index (χ3v) is 5.52. The highest BCUT2D eigenvalue weighted by molar-refractivity contribution is 7.89. The largest absolute Gasteiger partial charge is 0.394 e. The molecule has 112 valence electrons. The Kier molecular flexibility index (Phi) is 6.22. The number of amides is 1. The zero-order chi connectivity index (χ0) is 14.5. The lowest BCUT2D eigenvalue weighted by molar-refractivity contribution is -0.127. The van der Waals surface area contributed by atoms with Gasteiger partial charge in [0.1, 0.15) is 0 Å². The molecule has 2 N–H and O–H groups in total. The molecule has 0 aromatic heterocycles. The minimum absolute atomic E-state index is 0.0642. The molecule has 1 aliphatic rings. The molecule has 1 saturated heterocycles. The first-order chi connectivity index (χ1) is 8.94. The van der Waals surface area contributed by atoms with E-state index in [4.69, 9.17) is 5.11 Å². The van der Waals surface area contributed by atoms with Crippen LogP contribution in [0.2, 0.25) is 0 Å². The van der Waals surface area contributed by atoms with Crippen molar-refractivity contribution in [3.05, 3.63) is 0 Å². The zero-order valence-corrected chi connectivity index (χ0v) is 12.4. The minimum atomic E-state index is -3.14. The van der Waals surface area contributed by atoms with Gasteiger partial charge in [-0.05, 0) is 26.2 Å². The predicted octanol–water partition coefficient (Wildman–Crippen LogP) is -0.0648. The Bertz CT molecular complexity index is 385. The van der Waals surface area contributed by atoms with Crippen LogP contribution in [0.5, 0.6) is 0 Å². The Hall–Kier alpha value is -0.660. The lowest BCUT2D eigenvalue weighted by atomic mass is 9.97. The highest BCUT2D eigenvalue weighted by Gasteiger charge is 2.30. The van der Waals surface area contributed by atoms with Gasteiger partial charge in [-0.1, -0.05) is 6.92 Å². The van der Waals surface area contributed by atoms with E-state index >= 15 is 0 Å². The molecule has 0 radical (unpaired) electrons. The fourth-order valence-electron chi connectivity index (χ4n) is 2.17. The van der Waals surface area contributed by atoms with E-state index in [9.17, 15) is 13.2 Å². The Morgan fingerprint density at radius 2 is 1.95 bits per heavy atom. The summed E-state index contributed by atoms with van der Waals surface area (Å²) in [5.41, 5.74) is 0. The van der Waals surface area contributed by atoms with Crippen molar-refractivity contribution in [3.63, 3.8) is 0 Å². The second kappa shape index (κ2) is 7.21. The van der Waals surface area contributed by atoms with Crippen LogP contribution in [-0.4, -0.2) is 55.2 Å². The van der Waals surface area contributed by atoms with Crippen LogP contribution in [0.1, 0.15) is 33.1 Å². The van der Waals surface area contributed by atoms with Gasteiger partial charge < -0.3 is 10.4 Å². The molecule has 6 nitrogen and oxygen atoms in total. The Morgan fingerprint density at radius 1 is 1.37 bits per heavy atom. The summed E-state index contributed by atoms with van der Waals surface area (Å²) in [4.78, 5) is 12.0. The fourth-order valence-corrected chi connectivity index (χ4v) is 3.31. The van der Waals surface area contributed by atoms with Gasteiger partial charge in [-0.25, -0.2) is 12.7 Å². The third kappa shape index (κ3) is 4.43. The molecule has 7 heteroatoms. The first-order valence-electron chi connectivity index (χ1n) is 6.83. The first-order valence-corrected chi connectivity index (χ1v) is 8.44. The van der Waals surface area contributed by atoms with Crippen LogP contribution in [-0.2, 0) is 14.8 Å². The third-order valence-electron chi connectivity index (χ3n) is 3.64. The normalized spacial score (nSPS) is 20.2. The summed E-state index contributed by atoms with van der Waals surface area (Å²) in [5.74, 6) is -0.120. The number of piperidine rings is 1. The molecule has 0 aromatic carbocycles. The molecule has 1 rings (SSSR count). The van der Waals surface area contributed by atoms with E-state index in [1.165, 1.54) is 4.31 Å². The van der Waals surface area contributed by atoms with Crippen molar-refractivity contribution >= 4 is 15.9 Å². The maximum atomic E-state index is 12.0. The van der Waals surface area contributed by atoms with Gasteiger partial charge in [0.2, 0.25) is 15.9 Å². The molecular weight excluding hydrogens is 268 g/mol. The SMILES string of the molecule is CC[C@@H](CO)NC(=O)C1CCN(S(=O)(=O)CC)CC1. The fraction of sp³-hybridized carbons (Fsp3) is 0.917. The highest BCUT2D eigenvalue weighted by Crippen LogP contribution is 2.20. The van der Waals surface area contributed by atoms with Crippen molar-refractivity contribution < 1.29 is 18.3 Å². The second-order valence-corrected chi connectivity index (χ2v) is 7.13. The maximum absolute atomic E-state index is 12.0. The summed E-state index contributed by atoms with van der Waals surface area (Å²) < 4.78 is 24.8. The van der Waals surface area contributed by atoms with Crippen LogP contribution in [0.4, 0.5) is 0 Å². The van der Waals surface area contributed by atoms with Gasteiger partial charge in [0, 0.05) is 19.0 Å². The number of carbonyl (C=O) groups is 1. The van der Waals surface area contributed by atoms with E-state index in [0.717, 1.165) is 0 Å². The van der Waals surface area contributed by atoms with Crippen LogP contribution in [0.15, 0.2) is 0 Å². The second-order valence-electron chi connectivity index (χ2n) is 4.87. The summed E-state index contributed by atoms with van der Waals surface area (Å²) in [5, 5.41) is 11.8. The van der Waals surface area contributed by atoms with Gasteiger partial charge in [0.25, 0.3) is 0 Å². The van der Waals surface area contributed by atoms with Crippen LogP contribution in [0.25, 0.3) is 0 Å². The molecule has 1 heterocycles. The summed E-state index contributed by atoms with van der Waals surface area (Å²) in [6.45, 7) is 4.28. The quantitative estimate of drug-likeness (QED) is 0.718. The van der Waals surface area contributed by atoms with Gasteiger partial charge in [-0.15, -0.1) is 0 Å². The number of rotatable bonds is 6. The van der Waals surface area contributed by atoms with Crippen LogP contribution >= 0.6 is 0 Å². The number of hydrogen-bond donors (Lipinski definition) is 2. The summed E-state index contributed by atoms with van der Waals surface area (Å²) in [6.07, 6.45) is 1.78. The van der Waals surface area contributed by atoms with Crippen molar-refractivity contribution in [3.8, 4) is 0 Å². The zero-order valence-electron chi connectivity index (χ0n) is 11.6. The van der Waals surface area contributed by atoms with E-state index in [1.54, 1.807) is 6.92 Å². The molecule has 1 fully saturated rings. The number of hydrogen-bond acceptors (Lipinski definition) is 4. The monoisotopic (exact) mass is 292 g/mol.